The second kappa shape index (κ2) is 7.99. The third kappa shape index (κ3) is 3.78. The zero-order valence-electron chi connectivity index (χ0n) is 15.5. The van der Waals surface area contributed by atoms with Crippen molar-refractivity contribution < 1.29 is 9.18 Å². The van der Waals surface area contributed by atoms with Gasteiger partial charge in [-0.05, 0) is 53.6 Å². The summed E-state index contributed by atoms with van der Waals surface area (Å²) in [7, 11) is 0. The summed E-state index contributed by atoms with van der Waals surface area (Å²) >= 11 is 0. The molecule has 1 fully saturated rings. The minimum Gasteiger partial charge on any atom is -0.298 e. The van der Waals surface area contributed by atoms with E-state index in [1.165, 1.54) is 32.1 Å². The van der Waals surface area contributed by atoms with Crippen LogP contribution in [-0.2, 0) is 6.42 Å². The molecule has 138 valence electrons. The zero-order chi connectivity index (χ0) is 18.6. The maximum atomic E-state index is 14.8. The highest BCUT2D eigenvalue weighted by Crippen LogP contribution is 2.32. The summed E-state index contributed by atoms with van der Waals surface area (Å²) in [5.41, 5.74) is 3.74. The molecule has 0 N–H and O–H groups in total. The lowest BCUT2D eigenvalue weighted by molar-refractivity contribution is 0.112. The van der Waals surface area contributed by atoms with Gasteiger partial charge in [0.15, 0.2) is 6.29 Å². The van der Waals surface area contributed by atoms with E-state index in [2.05, 4.69) is 4.98 Å². The Morgan fingerprint density at radius 2 is 1.93 bits per heavy atom. The van der Waals surface area contributed by atoms with Crippen LogP contribution < -0.4 is 0 Å². The number of aryl methyl sites for hydroxylation is 1. The molecule has 0 unspecified atom stereocenters. The van der Waals surface area contributed by atoms with Crippen molar-refractivity contribution >= 4 is 17.2 Å². The van der Waals surface area contributed by atoms with Crippen molar-refractivity contribution in [1.29, 1.82) is 0 Å². The van der Waals surface area contributed by atoms with E-state index in [9.17, 15) is 9.18 Å². The first-order chi connectivity index (χ1) is 13.3. The van der Waals surface area contributed by atoms with Crippen molar-refractivity contribution in [3.63, 3.8) is 0 Å². The number of fused-ring (bicyclic) bond motifs is 1. The summed E-state index contributed by atoms with van der Waals surface area (Å²) in [6.45, 7) is 0. The quantitative estimate of drug-likeness (QED) is 0.494. The number of hydrogen-bond acceptors (Lipinski definition) is 2. The van der Waals surface area contributed by atoms with Gasteiger partial charge in [-0.1, -0.05) is 56.4 Å². The molecule has 2 aromatic carbocycles. The molecule has 0 spiro atoms. The Bertz CT molecular complexity index is 960. The number of carbonyl (C=O) groups excluding carboxylic acids is 1. The third-order valence-corrected chi connectivity index (χ3v) is 5.84. The molecule has 1 aliphatic carbocycles. The zero-order valence-corrected chi connectivity index (χ0v) is 15.5. The fourth-order valence-electron chi connectivity index (χ4n) is 4.29. The van der Waals surface area contributed by atoms with Gasteiger partial charge in [0, 0.05) is 17.1 Å². The minimum atomic E-state index is -0.139. The van der Waals surface area contributed by atoms with Gasteiger partial charge in [0.2, 0.25) is 0 Å². The van der Waals surface area contributed by atoms with Crippen LogP contribution >= 0.6 is 0 Å². The first kappa shape index (κ1) is 17.8. The third-order valence-electron chi connectivity index (χ3n) is 5.84. The summed E-state index contributed by atoms with van der Waals surface area (Å²) in [5.74, 6) is 0.614. The molecular weight excluding hydrogens is 337 g/mol. The van der Waals surface area contributed by atoms with E-state index in [0.29, 0.717) is 11.1 Å². The van der Waals surface area contributed by atoms with Crippen LogP contribution in [0.1, 0.15) is 54.4 Å². The molecule has 2 nitrogen and oxygen atoms in total. The molecule has 27 heavy (non-hydrogen) atoms. The molecule has 1 saturated carbocycles. The molecular formula is C24H24FNO. The van der Waals surface area contributed by atoms with Crippen LogP contribution in [0.2, 0.25) is 0 Å². The molecule has 3 aromatic rings. The van der Waals surface area contributed by atoms with Gasteiger partial charge >= 0.3 is 0 Å². The largest absolute Gasteiger partial charge is 0.298 e. The summed E-state index contributed by atoms with van der Waals surface area (Å²) in [5, 5.41) is 0.872. The molecule has 0 saturated heterocycles. The minimum absolute atomic E-state index is 0.139. The first-order valence-electron chi connectivity index (χ1n) is 9.88. The Kier molecular flexibility index (Phi) is 5.28. The predicted octanol–water partition coefficient (Wildman–Crippen LogP) is 6.37. The standard InChI is InChI=1S/C24H24FNO/c25-23-15-19(11-10-18(23)9-8-17-5-2-1-3-6-17)21-13-12-20(16-27)24-22(21)7-4-14-26-24/h4,7,10-17H,1-3,5-6,8-9H2. The fourth-order valence-corrected chi connectivity index (χ4v) is 4.29. The second-order valence-corrected chi connectivity index (χ2v) is 7.57. The Labute approximate surface area is 159 Å². The Balaban J connectivity index is 1.61. The van der Waals surface area contributed by atoms with E-state index < -0.39 is 0 Å². The maximum Gasteiger partial charge on any atom is 0.152 e. The van der Waals surface area contributed by atoms with Gasteiger partial charge in [0.1, 0.15) is 5.82 Å². The Morgan fingerprint density at radius 1 is 1.07 bits per heavy atom. The SMILES string of the molecule is O=Cc1ccc(-c2ccc(CCC3CCCCC3)c(F)c2)c2cccnc12. The first-order valence-corrected chi connectivity index (χ1v) is 9.88. The summed E-state index contributed by atoms with van der Waals surface area (Å²) in [4.78, 5) is 15.6. The van der Waals surface area contributed by atoms with Crippen molar-refractivity contribution in [3.8, 4) is 11.1 Å². The molecule has 0 aliphatic heterocycles. The van der Waals surface area contributed by atoms with E-state index in [0.717, 1.165) is 47.1 Å². The van der Waals surface area contributed by atoms with E-state index >= 15 is 0 Å². The number of aromatic nitrogens is 1. The van der Waals surface area contributed by atoms with E-state index in [1.54, 1.807) is 18.3 Å². The highest BCUT2D eigenvalue weighted by Gasteiger charge is 2.15. The van der Waals surface area contributed by atoms with Gasteiger partial charge in [-0.2, -0.15) is 0 Å². The second-order valence-electron chi connectivity index (χ2n) is 7.57. The normalized spacial score (nSPS) is 15.1. The summed E-state index contributed by atoms with van der Waals surface area (Å²) in [6.07, 6.45) is 11.0. The number of hydrogen-bond donors (Lipinski definition) is 0. The molecule has 0 radical (unpaired) electrons. The molecule has 4 rings (SSSR count). The lowest BCUT2D eigenvalue weighted by Crippen LogP contribution is -2.07. The lowest BCUT2D eigenvalue weighted by atomic mass is 9.85. The number of carbonyl (C=O) groups is 1. The number of aldehydes is 1. The van der Waals surface area contributed by atoms with Crippen LogP contribution in [0.25, 0.3) is 22.0 Å². The number of pyridine rings is 1. The Hall–Kier alpha value is -2.55. The number of benzene rings is 2. The van der Waals surface area contributed by atoms with Crippen LogP contribution in [-0.4, -0.2) is 11.3 Å². The Morgan fingerprint density at radius 3 is 2.70 bits per heavy atom. The van der Waals surface area contributed by atoms with Gasteiger partial charge in [-0.3, -0.25) is 9.78 Å². The van der Waals surface area contributed by atoms with Crippen molar-refractivity contribution in [2.75, 3.05) is 0 Å². The van der Waals surface area contributed by atoms with Crippen molar-refractivity contribution in [2.24, 2.45) is 5.92 Å². The topological polar surface area (TPSA) is 30.0 Å². The average Bonchev–Trinajstić information content (AvgIpc) is 2.73. The predicted molar refractivity (Wildman–Crippen MR) is 107 cm³/mol. The van der Waals surface area contributed by atoms with E-state index in [4.69, 9.17) is 0 Å². The maximum absolute atomic E-state index is 14.8. The highest BCUT2D eigenvalue weighted by molar-refractivity contribution is 6.03. The van der Waals surface area contributed by atoms with Crippen LogP contribution in [0.5, 0.6) is 0 Å². The van der Waals surface area contributed by atoms with Crippen LogP contribution in [0.15, 0.2) is 48.7 Å². The lowest BCUT2D eigenvalue weighted by Gasteiger charge is -2.21. The number of rotatable bonds is 5. The van der Waals surface area contributed by atoms with Crippen molar-refractivity contribution in [3.05, 3.63) is 65.6 Å². The van der Waals surface area contributed by atoms with Crippen molar-refractivity contribution in [1.82, 2.24) is 4.98 Å². The van der Waals surface area contributed by atoms with E-state index in [1.807, 2.05) is 30.3 Å². The van der Waals surface area contributed by atoms with Crippen LogP contribution in [0.3, 0.4) is 0 Å². The molecule has 0 bridgehead atoms. The molecule has 1 aliphatic rings. The smallest absolute Gasteiger partial charge is 0.152 e. The van der Waals surface area contributed by atoms with Gasteiger partial charge in [-0.25, -0.2) is 4.39 Å². The summed E-state index contributed by atoms with van der Waals surface area (Å²) < 4.78 is 14.8. The number of nitrogens with zero attached hydrogens (tertiary/aromatic N) is 1. The molecule has 0 atom stereocenters. The van der Waals surface area contributed by atoms with Crippen LogP contribution in [0.4, 0.5) is 4.39 Å². The monoisotopic (exact) mass is 361 g/mol. The molecule has 1 aromatic heterocycles. The fraction of sp³-hybridized carbons (Fsp3) is 0.333. The highest BCUT2D eigenvalue weighted by atomic mass is 19.1. The van der Waals surface area contributed by atoms with Gasteiger partial charge in [-0.15, -0.1) is 0 Å². The molecule has 0 amide bonds. The van der Waals surface area contributed by atoms with Crippen molar-refractivity contribution in [2.45, 2.75) is 44.9 Å². The number of halogens is 1. The molecule has 3 heteroatoms. The molecule has 1 heterocycles. The summed E-state index contributed by atoms with van der Waals surface area (Å²) in [6, 6.07) is 12.9. The van der Waals surface area contributed by atoms with E-state index in [-0.39, 0.29) is 5.82 Å². The average molecular weight is 361 g/mol. The van der Waals surface area contributed by atoms with Gasteiger partial charge in [0.25, 0.3) is 0 Å². The van der Waals surface area contributed by atoms with Gasteiger partial charge in [0.05, 0.1) is 5.52 Å². The van der Waals surface area contributed by atoms with Crippen LogP contribution in [0, 0.1) is 11.7 Å². The van der Waals surface area contributed by atoms with Gasteiger partial charge < -0.3 is 0 Å².